The summed E-state index contributed by atoms with van der Waals surface area (Å²) in [5.41, 5.74) is -2.85. The summed E-state index contributed by atoms with van der Waals surface area (Å²) in [6.45, 7) is 0. The van der Waals surface area contributed by atoms with Gasteiger partial charge in [0.1, 0.15) is 4.90 Å². The minimum absolute atomic E-state index is 0.556. The molecule has 0 aliphatic carbocycles. The van der Waals surface area contributed by atoms with Gasteiger partial charge in [0.15, 0.2) is 29.1 Å². The van der Waals surface area contributed by atoms with Crippen molar-refractivity contribution in [1.29, 1.82) is 0 Å². The summed E-state index contributed by atoms with van der Waals surface area (Å²) in [6, 6.07) is 1.92. The average molecular weight is 342 g/mol. The van der Waals surface area contributed by atoms with Crippen molar-refractivity contribution in [3.05, 3.63) is 53.1 Å². The Labute approximate surface area is 119 Å². The van der Waals surface area contributed by atoms with E-state index < -0.39 is 61.0 Å². The van der Waals surface area contributed by atoms with Crippen molar-refractivity contribution >= 4 is 10.1 Å². The van der Waals surface area contributed by atoms with Gasteiger partial charge in [-0.25, -0.2) is 26.3 Å². The summed E-state index contributed by atoms with van der Waals surface area (Å²) < 4.78 is 111. The van der Waals surface area contributed by atoms with Gasteiger partial charge >= 0.3 is 0 Å². The summed E-state index contributed by atoms with van der Waals surface area (Å²) in [5, 5.41) is 0. The Morgan fingerprint density at radius 2 is 1.18 bits per heavy atom. The molecule has 0 atom stereocenters. The molecule has 22 heavy (non-hydrogen) atoms. The highest BCUT2D eigenvalue weighted by Crippen LogP contribution is 2.34. The second-order valence-electron chi connectivity index (χ2n) is 4.04. The molecule has 0 bridgehead atoms. The highest BCUT2D eigenvalue weighted by molar-refractivity contribution is 7.85. The summed E-state index contributed by atoms with van der Waals surface area (Å²) >= 11 is 0. The first kappa shape index (κ1) is 16.3. The summed E-state index contributed by atoms with van der Waals surface area (Å²) in [7, 11) is -5.10. The Morgan fingerprint density at radius 3 is 1.64 bits per heavy atom. The third-order valence-electron chi connectivity index (χ3n) is 2.72. The van der Waals surface area contributed by atoms with E-state index >= 15 is 0 Å². The molecule has 2 rings (SSSR count). The Bertz CT molecular complexity index is 850. The first-order chi connectivity index (χ1) is 10.1. The number of rotatable bonds is 2. The number of benzene rings is 2. The van der Waals surface area contributed by atoms with Crippen LogP contribution in [-0.2, 0) is 10.1 Å². The molecule has 0 aromatic heterocycles. The van der Waals surface area contributed by atoms with E-state index in [1.54, 1.807) is 0 Å². The van der Waals surface area contributed by atoms with Gasteiger partial charge in [-0.3, -0.25) is 4.55 Å². The molecule has 0 unspecified atom stereocenters. The molecule has 0 saturated heterocycles. The van der Waals surface area contributed by atoms with Gasteiger partial charge in [-0.1, -0.05) is 12.1 Å². The number of hydrogen-bond acceptors (Lipinski definition) is 2. The Balaban J connectivity index is 2.91. The second kappa shape index (κ2) is 5.29. The number of halogens is 6. The average Bonchev–Trinajstić information content (AvgIpc) is 2.43. The molecule has 0 aliphatic heterocycles. The lowest BCUT2D eigenvalue weighted by molar-refractivity contribution is 0.380. The normalized spacial score (nSPS) is 11.8. The van der Waals surface area contributed by atoms with Gasteiger partial charge < -0.3 is 0 Å². The van der Waals surface area contributed by atoms with Crippen molar-refractivity contribution in [3.63, 3.8) is 0 Å². The summed E-state index contributed by atoms with van der Waals surface area (Å²) in [6.07, 6.45) is 0. The van der Waals surface area contributed by atoms with Crippen LogP contribution in [-0.4, -0.2) is 13.0 Å². The second-order valence-corrected chi connectivity index (χ2v) is 5.43. The highest BCUT2D eigenvalue weighted by Gasteiger charge is 2.29. The molecule has 0 saturated carbocycles. The zero-order chi connectivity index (χ0) is 16.8. The van der Waals surface area contributed by atoms with Crippen molar-refractivity contribution in [3.8, 4) is 11.1 Å². The van der Waals surface area contributed by atoms with Crippen molar-refractivity contribution < 1.29 is 39.3 Å². The van der Waals surface area contributed by atoms with Crippen molar-refractivity contribution in [2.75, 3.05) is 0 Å². The standard InChI is InChI=1S/C12H4F6O3S/c13-7-4(2-1-3-5(7)22(19,20)21)6-8(14)10(16)12(18)11(17)9(6)15/h1-3H,(H,19,20,21). The van der Waals surface area contributed by atoms with Gasteiger partial charge in [0.05, 0.1) is 5.56 Å². The van der Waals surface area contributed by atoms with E-state index in [0.717, 1.165) is 6.07 Å². The Morgan fingerprint density at radius 1 is 0.727 bits per heavy atom. The van der Waals surface area contributed by atoms with Gasteiger partial charge in [-0.05, 0) is 6.07 Å². The summed E-state index contributed by atoms with van der Waals surface area (Å²) in [4.78, 5) is -1.37. The van der Waals surface area contributed by atoms with Crippen LogP contribution in [0, 0.1) is 34.9 Å². The van der Waals surface area contributed by atoms with Crippen LogP contribution >= 0.6 is 0 Å². The van der Waals surface area contributed by atoms with E-state index in [-0.39, 0.29) is 0 Å². The first-order valence-electron chi connectivity index (χ1n) is 5.35. The zero-order valence-corrected chi connectivity index (χ0v) is 11.0. The van der Waals surface area contributed by atoms with Crippen LogP contribution in [0.15, 0.2) is 23.1 Å². The molecular formula is C12H4F6O3S. The molecule has 10 heteroatoms. The maximum atomic E-state index is 14.0. The fourth-order valence-corrected chi connectivity index (χ4v) is 2.33. The maximum absolute atomic E-state index is 14.0. The lowest BCUT2D eigenvalue weighted by Gasteiger charge is -2.10. The van der Waals surface area contributed by atoms with Crippen LogP contribution in [0.5, 0.6) is 0 Å². The predicted molar refractivity (Wildman–Crippen MR) is 61.4 cm³/mol. The summed E-state index contributed by atoms with van der Waals surface area (Å²) in [5.74, 6) is -13.6. The van der Waals surface area contributed by atoms with Crippen LogP contribution in [0.1, 0.15) is 0 Å². The van der Waals surface area contributed by atoms with E-state index in [4.69, 9.17) is 4.55 Å². The first-order valence-corrected chi connectivity index (χ1v) is 6.79. The minimum atomic E-state index is -5.10. The molecule has 0 heterocycles. The van der Waals surface area contributed by atoms with E-state index in [1.165, 1.54) is 0 Å². The molecule has 3 nitrogen and oxygen atoms in total. The van der Waals surface area contributed by atoms with Gasteiger partial charge in [0.25, 0.3) is 10.1 Å². The Hall–Kier alpha value is -2.07. The third kappa shape index (κ3) is 2.44. The van der Waals surface area contributed by atoms with E-state index in [9.17, 15) is 34.8 Å². The number of hydrogen-bond donors (Lipinski definition) is 1. The van der Waals surface area contributed by atoms with E-state index in [1.807, 2.05) is 0 Å². The molecule has 0 radical (unpaired) electrons. The van der Waals surface area contributed by atoms with Crippen molar-refractivity contribution in [2.45, 2.75) is 4.90 Å². The minimum Gasteiger partial charge on any atom is -0.282 e. The predicted octanol–water partition coefficient (Wildman–Crippen LogP) is 3.43. The van der Waals surface area contributed by atoms with Gasteiger partial charge in [-0.2, -0.15) is 8.42 Å². The molecule has 118 valence electrons. The zero-order valence-electron chi connectivity index (χ0n) is 10.2. The maximum Gasteiger partial charge on any atom is 0.297 e. The molecule has 0 spiro atoms. The largest absolute Gasteiger partial charge is 0.297 e. The van der Waals surface area contributed by atoms with Crippen LogP contribution < -0.4 is 0 Å². The van der Waals surface area contributed by atoms with Crippen LogP contribution in [0.25, 0.3) is 11.1 Å². The molecule has 0 fully saturated rings. The topological polar surface area (TPSA) is 54.4 Å². The van der Waals surface area contributed by atoms with Crippen LogP contribution in [0.3, 0.4) is 0 Å². The smallest absolute Gasteiger partial charge is 0.282 e. The fourth-order valence-electron chi connectivity index (χ4n) is 1.74. The highest BCUT2D eigenvalue weighted by atomic mass is 32.2. The lowest BCUT2D eigenvalue weighted by atomic mass is 10.0. The van der Waals surface area contributed by atoms with Crippen LogP contribution in [0.4, 0.5) is 26.3 Å². The van der Waals surface area contributed by atoms with E-state index in [2.05, 4.69) is 0 Å². The fraction of sp³-hybridized carbons (Fsp3) is 0. The third-order valence-corrected chi connectivity index (χ3v) is 3.59. The molecule has 0 amide bonds. The lowest BCUT2D eigenvalue weighted by Crippen LogP contribution is -2.07. The van der Waals surface area contributed by atoms with Crippen molar-refractivity contribution in [2.24, 2.45) is 0 Å². The molecule has 0 aliphatic rings. The van der Waals surface area contributed by atoms with Crippen molar-refractivity contribution in [1.82, 2.24) is 0 Å². The van der Waals surface area contributed by atoms with Gasteiger partial charge in [-0.15, -0.1) is 0 Å². The molecule has 1 N–H and O–H groups in total. The SMILES string of the molecule is O=S(=O)(O)c1cccc(-c2c(F)c(F)c(F)c(F)c2F)c1F. The van der Waals surface area contributed by atoms with Gasteiger partial charge in [0, 0.05) is 5.56 Å². The van der Waals surface area contributed by atoms with E-state index in [0.29, 0.717) is 12.1 Å². The van der Waals surface area contributed by atoms with Gasteiger partial charge in [0.2, 0.25) is 5.82 Å². The Kier molecular flexibility index (Phi) is 3.92. The monoisotopic (exact) mass is 342 g/mol. The quantitative estimate of drug-likeness (QED) is 0.394. The molecular weight excluding hydrogens is 338 g/mol. The molecule has 2 aromatic rings. The van der Waals surface area contributed by atoms with Crippen LogP contribution in [0.2, 0.25) is 0 Å². The molecule has 2 aromatic carbocycles.